The molecular weight excluding hydrogens is 128 g/mol. The second kappa shape index (κ2) is 1.85. The van der Waals surface area contributed by atoms with E-state index in [1.807, 2.05) is 6.08 Å². The maximum atomic E-state index is 5.38. The van der Waals surface area contributed by atoms with Crippen molar-refractivity contribution in [3.63, 3.8) is 0 Å². The zero-order valence-electron chi connectivity index (χ0n) is 5.28. The van der Waals surface area contributed by atoms with Gasteiger partial charge in [0.2, 0.25) is 0 Å². The van der Waals surface area contributed by atoms with E-state index in [1.165, 1.54) is 0 Å². The van der Waals surface area contributed by atoms with Crippen molar-refractivity contribution in [1.82, 2.24) is 0 Å². The van der Waals surface area contributed by atoms with Crippen LogP contribution in [0.4, 0.5) is 0 Å². The number of allylic oxidation sites excluding steroid dienone is 1. The summed E-state index contributed by atoms with van der Waals surface area (Å²) in [5.74, 6) is 0. The highest BCUT2D eigenvalue weighted by Gasteiger charge is 2.17. The molecule has 0 amide bonds. The summed E-state index contributed by atoms with van der Waals surface area (Å²) < 4.78 is 0. The van der Waals surface area contributed by atoms with E-state index in [2.05, 4.69) is 15.2 Å². The number of nitrogens with two attached hydrogens (primary N) is 1. The van der Waals surface area contributed by atoms with E-state index in [9.17, 15) is 0 Å². The van der Waals surface area contributed by atoms with E-state index < -0.39 is 0 Å². The lowest BCUT2D eigenvalue weighted by atomic mass is 10.3. The average Bonchev–Trinajstić information content (AvgIpc) is 2.44. The summed E-state index contributed by atoms with van der Waals surface area (Å²) >= 11 is 0. The maximum absolute atomic E-state index is 5.38. The molecule has 2 rings (SSSR count). The summed E-state index contributed by atoms with van der Waals surface area (Å²) in [6.07, 6.45) is 3.53. The molecule has 2 aliphatic heterocycles. The van der Waals surface area contributed by atoms with Gasteiger partial charge in [-0.15, -0.1) is 5.11 Å². The first kappa shape index (κ1) is 5.49. The van der Waals surface area contributed by atoms with Crippen LogP contribution in [0.5, 0.6) is 0 Å². The Morgan fingerprint density at radius 3 is 3.10 bits per heavy atom. The van der Waals surface area contributed by atoms with Gasteiger partial charge in [0.15, 0.2) is 0 Å². The molecule has 10 heavy (non-hydrogen) atoms. The molecule has 0 fully saturated rings. The maximum Gasteiger partial charge on any atom is 0.115 e. The van der Waals surface area contributed by atoms with Crippen LogP contribution in [0.2, 0.25) is 0 Å². The molecule has 0 aromatic heterocycles. The average molecular weight is 134 g/mol. The molecule has 0 aromatic rings. The summed E-state index contributed by atoms with van der Waals surface area (Å²) in [6.45, 7) is 0.410. The van der Waals surface area contributed by atoms with Crippen LogP contribution in [-0.4, -0.2) is 12.8 Å². The molecule has 0 saturated carbocycles. The molecule has 0 atom stereocenters. The number of hydrogen-bond acceptors (Lipinski definition) is 4. The van der Waals surface area contributed by atoms with Gasteiger partial charge in [0.25, 0.3) is 0 Å². The molecule has 2 N–H and O–H groups in total. The summed E-state index contributed by atoms with van der Waals surface area (Å²) in [4.78, 5) is 4.04. The van der Waals surface area contributed by atoms with E-state index in [0.717, 1.165) is 17.1 Å². The molecule has 2 heterocycles. The standard InChI is InChI=1S/C6H6N4/c7-3-5-6-4(9-10-5)1-2-8-6/h1-2H,3,7H2. The van der Waals surface area contributed by atoms with Gasteiger partial charge in [-0.25, -0.2) is 0 Å². The Hall–Kier alpha value is -1.29. The third-order valence-electron chi connectivity index (χ3n) is 1.42. The SMILES string of the molecule is NCC1=C2N=CC=C2N=N1. The van der Waals surface area contributed by atoms with E-state index in [4.69, 9.17) is 5.73 Å². The van der Waals surface area contributed by atoms with Gasteiger partial charge in [-0.05, 0) is 6.08 Å². The number of aliphatic imine (C=N–C) groups is 1. The van der Waals surface area contributed by atoms with Gasteiger partial charge in [-0.3, -0.25) is 4.99 Å². The molecule has 0 aromatic carbocycles. The Bertz CT molecular complexity index is 282. The van der Waals surface area contributed by atoms with Crippen LogP contribution in [0.1, 0.15) is 0 Å². The Balaban J connectivity index is 2.49. The van der Waals surface area contributed by atoms with Gasteiger partial charge in [0.1, 0.15) is 17.1 Å². The second-order valence-electron chi connectivity index (χ2n) is 2.03. The molecule has 2 aliphatic rings. The van der Waals surface area contributed by atoms with Crippen LogP contribution in [0, 0.1) is 0 Å². The Kier molecular flexibility index (Phi) is 1.01. The molecule has 0 saturated heterocycles. The van der Waals surface area contributed by atoms with Gasteiger partial charge in [0, 0.05) is 12.8 Å². The smallest absolute Gasteiger partial charge is 0.115 e. The molecule has 0 unspecified atom stereocenters. The largest absolute Gasteiger partial charge is 0.325 e. The van der Waals surface area contributed by atoms with E-state index in [0.29, 0.717) is 6.54 Å². The Morgan fingerprint density at radius 1 is 1.40 bits per heavy atom. The highest BCUT2D eigenvalue weighted by molar-refractivity contribution is 5.80. The quantitative estimate of drug-likeness (QED) is 0.560. The fourth-order valence-corrected chi connectivity index (χ4v) is 0.930. The Morgan fingerprint density at radius 2 is 2.30 bits per heavy atom. The van der Waals surface area contributed by atoms with E-state index in [1.54, 1.807) is 6.21 Å². The molecule has 0 aliphatic carbocycles. The second-order valence-corrected chi connectivity index (χ2v) is 2.03. The van der Waals surface area contributed by atoms with Gasteiger partial charge in [0.05, 0.1) is 0 Å². The molecular formula is C6H6N4. The van der Waals surface area contributed by atoms with Crippen molar-refractivity contribution in [2.75, 3.05) is 6.54 Å². The van der Waals surface area contributed by atoms with Crippen LogP contribution in [0.3, 0.4) is 0 Å². The number of fused-ring (bicyclic) bond motifs is 1. The summed E-state index contributed by atoms with van der Waals surface area (Å²) in [5, 5.41) is 7.69. The predicted octanol–water partition coefficient (Wildman–Crippen LogP) is 0.591. The summed E-state index contributed by atoms with van der Waals surface area (Å²) in [6, 6.07) is 0. The minimum absolute atomic E-state index is 0.410. The Labute approximate surface area is 57.9 Å². The van der Waals surface area contributed by atoms with Crippen LogP contribution in [-0.2, 0) is 0 Å². The topological polar surface area (TPSA) is 63.1 Å². The third kappa shape index (κ3) is 0.563. The highest BCUT2D eigenvalue weighted by atomic mass is 15.2. The van der Waals surface area contributed by atoms with Crippen molar-refractivity contribution < 1.29 is 0 Å². The lowest BCUT2D eigenvalue weighted by Gasteiger charge is -1.89. The highest BCUT2D eigenvalue weighted by Crippen LogP contribution is 2.27. The van der Waals surface area contributed by atoms with Gasteiger partial charge in [-0.1, -0.05) is 0 Å². The van der Waals surface area contributed by atoms with Gasteiger partial charge >= 0.3 is 0 Å². The lowest BCUT2D eigenvalue weighted by molar-refractivity contribution is 1.06. The minimum atomic E-state index is 0.410. The first-order chi connectivity index (χ1) is 4.92. The van der Waals surface area contributed by atoms with Crippen molar-refractivity contribution in [2.45, 2.75) is 0 Å². The molecule has 4 nitrogen and oxygen atoms in total. The van der Waals surface area contributed by atoms with Crippen LogP contribution < -0.4 is 5.73 Å². The molecule has 4 heteroatoms. The fraction of sp³-hybridized carbons (Fsp3) is 0.167. The molecule has 0 bridgehead atoms. The number of hydrogen-bond donors (Lipinski definition) is 1. The van der Waals surface area contributed by atoms with E-state index in [-0.39, 0.29) is 0 Å². The van der Waals surface area contributed by atoms with Crippen molar-refractivity contribution in [3.8, 4) is 0 Å². The zero-order chi connectivity index (χ0) is 6.97. The van der Waals surface area contributed by atoms with Crippen LogP contribution >= 0.6 is 0 Å². The van der Waals surface area contributed by atoms with E-state index >= 15 is 0 Å². The van der Waals surface area contributed by atoms with Crippen molar-refractivity contribution >= 4 is 6.21 Å². The summed E-state index contributed by atoms with van der Waals surface area (Å²) in [5.41, 5.74) is 7.82. The first-order valence-corrected chi connectivity index (χ1v) is 3.01. The van der Waals surface area contributed by atoms with Crippen molar-refractivity contribution in [3.05, 3.63) is 23.2 Å². The molecule has 0 spiro atoms. The minimum Gasteiger partial charge on any atom is -0.325 e. The van der Waals surface area contributed by atoms with Crippen LogP contribution in [0.25, 0.3) is 0 Å². The number of nitrogens with zero attached hydrogens (tertiary/aromatic N) is 3. The van der Waals surface area contributed by atoms with Gasteiger partial charge < -0.3 is 5.73 Å². The number of rotatable bonds is 1. The zero-order valence-corrected chi connectivity index (χ0v) is 5.28. The van der Waals surface area contributed by atoms with Crippen molar-refractivity contribution in [1.29, 1.82) is 0 Å². The first-order valence-electron chi connectivity index (χ1n) is 3.01. The predicted molar refractivity (Wildman–Crippen MR) is 37.5 cm³/mol. The normalized spacial score (nSPS) is 20.3. The molecule has 50 valence electrons. The lowest BCUT2D eigenvalue weighted by Crippen LogP contribution is -2.00. The third-order valence-corrected chi connectivity index (χ3v) is 1.42. The molecule has 0 radical (unpaired) electrons. The summed E-state index contributed by atoms with van der Waals surface area (Å²) in [7, 11) is 0. The fourth-order valence-electron chi connectivity index (χ4n) is 0.930. The van der Waals surface area contributed by atoms with Crippen LogP contribution in [0.15, 0.2) is 38.4 Å². The number of azo groups is 1. The van der Waals surface area contributed by atoms with Gasteiger partial charge in [-0.2, -0.15) is 5.11 Å². The van der Waals surface area contributed by atoms with Crippen molar-refractivity contribution in [2.24, 2.45) is 21.0 Å². The monoisotopic (exact) mass is 134 g/mol.